The number of rotatable bonds is 38. The van der Waals surface area contributed by atoms with Gasteiger partial charge in [0.15, 0.2) is 6.10 Å². The summed E-state index contributed by atoms with van der Waals surface area (Å²) in [6.07, 6.45) is 49.6. The SMILES string of the molecule is CC/C=C\C/C=C\C/C=C\CC(=O)OC(COC(=O)CCCCCCCCC/C=C\C/C=C\CCCCC)COC(=O)CCCCCCCCCCC. The van der Waals surface area contributed by atoms with Gasteiger partial charge in [0.05, 0.1) is 6.42 Å². The van der Waals surface area contributed by atoms with E-state index in [2.05, 4.69) is 69.4 Å². The van der Waals surface area contributed by atoms with E-state index in [1.54, 1.807) is 6.08 Å². The van der Waals surface area contributed by atoms with Crippen LogP contribution in [0, 0.1) is 0 Å². The summed E-state index contributed by atoms with van der Waals surface area (Å²) in [6.45, 7) is 6.35. The molecule has 0 heterocycles. The minimum absolute atomic E-state index is 0.105. The summed E-state index contributed by atoms with van der Waals surface area (Å²) in [5, 5.41) is 0. The van der Waals surface area contributed by atoms with Crippen molar-refractivity contribution in [3.05, 3.63) is 60.8 Å². The van der Waals surface area contributed by atoms with E-state index in [9.17, 15) is 14.4 Å². The number of carbonyl (C=O) groups excluding carboxylic acids is 3. The molecule has 0 aromatic heterocycles. The number of unbranched alkanes of at least 4 members (excludes halogenated alkanes) is 18. The normalized spacial score (nSPS) is 12.6. The van der Waals surface area contributed by atoms with E-state index in [0.717, 1.165) is 70.6 Å². The van der Waals surface area contributed by atoms with Gasteiger partial charge in [-0.2, -0.15) is 0 Å². The van der Waals surface area contributed by atoms with E-state index in [0.29, 0.717) is 12.8 Å². The van der Waals surface area contributed by atoms with Crippen LogP contribution < -0.4 is 0 Å². The summed E-state index contributed by atoms with van der Waals surface area (Å²) >= 11 is 0. The second-order valence-electron chi connectivity index (χ2n) is 14.2. The predicted octanol–water partition coefficient (Wildman–Crippen LogP) is 13.7. The molecular formula is C47H80O6. The third kappa shape index (κ3) is 40.1. The average molecular weight is 741 g/mol. The van der Waals surface area contributed by atoms with E-state index in [1.165, 1.54) is 89.9 Å². The zero-order valence-electron chi connectivity index (χ0n) is 34.5. The standard InChI is InChI=1S/C47H80O6/c1-4-7-10-13-16-19-20-21-22-23-24-25-26-29-31-34-37-40-46(49)52-43-44(53-47(50)41-38-35-32-28-18-15-12-9-6-3)42-51-45(48)39-36-33-30-27-17-14-11-8-5-2/h9,12,16,18-19,21-22,28,35,38,44H,4-8,10-11,13-15,17,20,23-27,29-34,36-37,39-43H2,1-3H3/b12-9-,19-16-,22-21-,28-18-,38-35-. The highest BCUT2D eigenvalue weighted by molar-refractivity contribution is 5.72. The summed E-state index contributed by atoms with van der Waals surface area (Å²) in [6, 6.07) is 0. The third-order valence-electron chi connectivity index (χ3n) is 9.04. The maximum Gasteiger partial charge on any atom is 0.310 e. The van der Waals surface area contributed by atoms with Crippen LogP contribution in [-0.2, 0) is 28.6 Å². The Labute approximate surface area is 326 Å². The number of carbonyl (C=O) groups is 3. The molecule has 0 fully saturated rings. The molecule has 53 heavy (non-hydrogen) atoms. The fraction of sp³-hybridized carbons (Fsp3) is 0.723. The Morgan fingerprint density at radius 2 is 0.792 bits per heavy atom. The van der Waals surface area contributed by atoms with Crippen LogP contribution >= 0.6 is 0 Å². The predicted molar refractivity (Wildman–Crippen MR) is 224 cm³/mol. The van der Waals surface area contributed by atoms with E-state index >= 15 is 0 Å². The van der Waals surface area contributed by atoms with Crippen molar-refractivity contribution in [3.63, 3.8) is 0 Å². The molecule has 0 aliphatic heterocycles. The Morgan fingerprint density at radius 1 is 0.415 bits per heavy atom. The van der Waals surface area contributed by atoms with Gasteiger partial charge in [0.1, 0.15) is 13.2 Å². The average Bonchev–Trinajstić information content (AvgIpc) is 3.15. The van der Waals surface area contributed by atoms with Gasteiger partial charge >= 0.3 is 17.9 Å². The molecule has 0 aromatic carbocycles. The van der Waals surface area contributed by atoms with Crippen molar-refractivity contribution in [1.29, 1.82) is 0 Å². The zero-order valence-corrected chi connectivity index (χ0v) is 34.5. The summed E-state index contributed by atoms with van der Waals surface area (Å²) in [4.78, 5) is 37.5. The van der Waals surface area contributed by atoms with Gasteiger partial charge in [-0.25, -0.2) is 0 Å². The molecule has 6 nitrogen and oxygen atoms in total. The van der Waals surface area contributed by atoms with Crippen molar-refractivity contribution in [2.24, 2.45) is 0 Å². The number of hydrogen-bond donors (Lipinski definition) is 0. The molecule has 0 rings (SSSR count). The van der Waals surface area contributed by atoms with Crippen LogP contribution in [0.4, 0.5) is 0 Å². The molecule has 0 aliphatic carbocycles. The molecular weight excluding hydrogens is 661 g/mol. The number of ether oxygens (including phenoxy) is 3. The minimum Gasteiger partial charge on any atom is -0.462 e. The Bertz CT molecular complexity index is 991. The fourth-order valence-corrected chi connectivity index (χ4v) is 5.77. The Kier molecular flexibility index (Phi) is 39.6. The molecule has 0 spiro atoms. The van der Waals surface area contributed by atoms with Gasteiger partial charge < -0.3 is 14.2 Å². The molecule has 0 aliphatic rings. The van der Waals surface area contributed by atoms with Gasteiger partial charge in [-0.05, 0) is 64.2 Å². The molecule has 0 saturated heterocycles. The first-order valence-corrected chi connectivity index (χ1v) is 21.8. The van der Waals surface area contributed by atoms with Gasteiger partial charge in [-0.3, -0.25) is 14.4 Å². The monoisotopic (exact) mass is 741 g/mol. The van der Waals surface area contributed by atoms with Crippen LogP contribution in [0.15, 0.2) is 60.8 Å². The molecule has 0 amide bonds. The number of esters is 3. The van der Waals surface area contributed by atoms with Gasteiger partial charge in [0.25, 0.3) is 0 Å². The summed E-state index contributed by atoms with van der Waals surface area (Å²) in [5.74, 6) is -1.05. The number of hydrogen-bond acceptors (Lipinski definition) is 6. The van der Waals surface area contributed by atoms with E-state index in [4.69, 9.17) is 14.2 Å². The van der Waals surface area contributed by atoms with Crippen LogP contribution in [0.3, 0.4) is 0 Å². The van der Waals surface area contributed by atoms with E-state index in [1.807, 2.05) is 6.08 Å². The van der Waals surface area contributed by atoms with Crippen molar-refractivity contribution in [2.45, 2.75) is 207 Å². The molecule has 0 saturated carbocycles. The summed E-state index contributed by atoms with van der Waals surface area (Å²) in [7, 11) is 0. The van der Waals surface area contributed by atoms with Crippen molar-refractivity contribution < 1.29 is 28.6 Å². The molecule has 0 bridgehead atoms. The van der Waals surface area contributed by atoms with Crippen LogP contribution in [0.1, 0.15) is 201 Å². The second kappa shape index (κ2) is 41.9. The highest BCUT2D eigenvalue weighted by atomic mass is 16.6. The highest BCUT2D eigenvalue weighted by Gasteiger charge is 2.19. The van der Waals surface area contributed by atoms with Crippen molar-refractivity contribution in [3.8, 4) is 0 Å². The Balaban J connectivity index is 4.37. The number of allylic oxidation sites excluding steroid dienone is 9. The van der Waals surface area contributed by atoms with Crippen LogP contribution in [0.25, 0.3) is 0 Å². The quantitative estimate of drug-likeness (QED) is 0.0271. The Hall–Kier alpha value is -2.89. The van der Waals surface area contributed by atoms with Gasteiger partial charge in [0.2, 0.25) is 0 Å². The van der Waals surface area contributed by atoms with Crippen LogP contribution in [-0.4, -0.2) is 37.2 Å². The largest absolute Gasteiger partial charge is 0.462 e. The van der Waals surface area contributed by atoms with E-state index < -0.39 is 12.1 Å². The molecule has 0 N–H and O–H groups in total. The van der Waals surface area contributed by atoms with E-state index in [-0.39, 0.29) is 31.6 Å². The second-order valence-corrected chi connectivity index (χ2v) is 14.2. The maximum atomic E-state index is 12.6. The van der Waals surface area contributed by atoms with Crippen LogP contribution in [0.5, 0.6) is 0 Å². The molecule has 0 aromatic rings. The lowest BCUT2D eigenvalue weighted by atomic mass is 10.1. The zero-order chi connectivity index (χ0) is 38.7. The minimum atomic E-state index is -0.820. The van der Waals surface area contributed by atoms with Crippen molar-refractivity contribution >= 4 is 17.9 Å². The van der Waals surface area contributed by atoms with Gasteiger partial charge in [-0.1, -0.05) is 178 Å². The summed E-state index contributed by atoms with van der Waals surface area (Å²) < 4.78 is 16.5. The lowest BCUT2D eigenvalue weighted by molar-refractivity contribution is -0.166. The lowest BCUT2D eigenvalue weighted by Gasteiger charge is -2.18. The fourth-order valence-electron chi connectivity index (χ4n) is 5.77. The topological polar surface area (TPSA) is 78.9 Å². The molecule has 6 heteroatoms. The third-order valence-corrected chi connectivity index (χ3v) is 9.04. The van der Waals surface area contributed by atoms with Crippen molar-refractivity contribution in [1.82, 2.24) is 0 Å². The first kappa shape index (κ1) is 50.1. The molecule has 304 valence electrons. The Morgan fingerprint density at radius 3 is 1.28 bits per heavy atom. The molecule has 0 radical (unpaired) electrons. The highest BCUT2D eigenvalue weighted by Crippen LogP contribution is 2.13. The maximum absolute atomic E-state index is 12.6. The van der Waals surface area contributed by atoms with Crippen LogP contribution in [0.2, 0.25) is 0 Å². The first-order valence-electron chi connectivity index (χ1n) is 21.8. The lowest BCUT2D eigenvalue weighted by Crippen LogP contribution is -2.30. The van der Waals surface area contributed by atoms with Crippen molar-refractivity contribution in [2.75, 3.05) is 13.2 Å². The molecule has 1 atom stereocenters. The van der Waals surface area contributed by atoms with Gasteiger partial charge in [-0.15, -0.1) is 0 Å². The first-order chi connectivity index (χ1) is 26.0. The summed E-state index contributed by atoms with van der Waals surface area (Å²) in [5.41, 5.74) is 0. The smallest absolute Gasteiger partial charge is 0.310 e. The molecule has 1 unspecified atom stereocenters. The van der Waals surface area contributed by atoms with Gasteiger partial charge in [0, 0.05) is 12.8 Å².